The van der Waals surface area contributed by atoms with Crippen molar-refractivity contribution >= 4 is 11.4 Å². The number of nitrogens with zero attached hydrogens (tertiary/aromatic N) is 2. The molecule has 1 saturated heterocycles. The highest BCUT2D eigenvalue weighted by atomic mass is 16.6. The molecule has 0 radical (unpaired) electrons. The van der Waals surface area contributed by atoms with Gasteiger partial charge in [0.2, 0.25) is 0 Å². The van der Waals surface area contributed by atoms with Crippen LogP contribution in [0.2, 0.25) is 0 Å². The quantitative estimate of drug-likeness (QED) is 0.615. The highest BCUT2D eigenvalue weighted by Crippen LogP contribution is 2.28. The molecule has 3 rings (SSSR count). The van der Waals surface area contributed by atoms with Crippen molar-refractivity contribution in [3.05, 3.63) is 58.1 Å². The molecule has 0 spiro atoms. The number of piperazine rings is 1. The van der Waals surface area contributed by atoms with E-state index in [0.717, 1.165) is 37.6 Å². The van der Waals surface area contributed by atoms with Gasteiger partial charge in [-0.05, 0) is 19.1 Å². The van der Waals surface area contributed by atoms with Crippen molar-refractivity contribution in [2.45, 2.75) is 13.5 Å². The number of non-ortho nitro benzene ring substituents is 1. The van der Waals surface area contributed by atoms with E-state index >= 15 is 0 Å². The Morgan fingerprint density at radius 3 is 2.62 bits per heavy atom. The summed E-state index contributed by atoms with van der Waals surface area (Å²) in [6.07, 6.45) is 0. The van der Waals surface area contributed by atoms with Crippen molar-refractivity contribution in [3.63, 3.8) is 0 Å². The highest BCUT2D eigenvalue weighted by molar-refractivity contribution is 5.58. The van der Waals surface area contributed by atoms with Gasteiger partial charge in [0.05, 0.1) is 43.4 Å². The van der Waals surface area contributed by atoms with Crippen molar-refractivity contribution in [2.24, 2.45) is 0 Å². The first-order valence-electron chi connectivity index (χ1n) is 8.83. The largest absolute Gasteiger partial charge is 0.872 e. The van der Waals surface area contributed by atoms with Gasteiger partial charge in [-0.2, -0.15) is 0 Å². The van der Waals surface area contributed by atoms with E-state index in [1.165, 1.54) is 23.1 Å². The molecule has 0 amide bonds. The maximum atomic E-state index is 12.0. The van der Waals surface area contributed by atoms with E-state index in [2.05, 4.69) is 11.0 Å². The molecule has 0 bridgehead atoms. The first-order chi connectivity index (χ1) is 12.6. The summed E-state index contributed by atoms with van der Waals surface area (Å²) in [5, 5.41) is 22.9. The number of nitrogens with one attached hydrogen (secondary N) is 1. The number of anilines is 1. The molecule has 1 aliphatic rings. The van der Waals surface area contributed by atoms with Crippen molar-refractivity contribution in [2.75, 3.05) is 37.7 Å². The predicted octanol–water partition coefficient (Wildman–Crippen LogP) is 0.972. The molecular formula is C19H23N3O4. The third kappa shape index (κ3) is 4.05. The van der Waals surface area contributed by atoms with Gasteiger partial charge in [0.25, 0.3) is 5.69 Å². The number of benzene rings is 2. The molecule has 1 aliphatic heterocycles. The summed E-state index contributed by atoms with van der Waals surface area (Å²) in [5.41, 5.74) is 1.58. The first-order valence-corrected chi connectivity index (χ1v) is 8.83. The van der Waals surface area contributed by atoms with E-state index in [-0.39, 0.29) is 11.4 Å². The standard InChI is InChI=1S/C19H23N3O4/c1-2-26-19-6-4-3-5-17(19)21-11-9-20(10-12-21)14-15-13-16(22(24)25)7-8-18(15)23/h3-8,13,23H,2,9-12,14H2,1H3. The van der Waals surface area contributed by atoms with Crippen molar-refractivity contribution in [1.29, 1.82) is 0 Å². The highest BCUT2D eigenvalue weighted by Gasteiger charge is 2.23. The summed E-state index contributed by atoms with van der Waals surface area (Å²) >= 11 is 0. The Morgan fingerprint density at radius 2 is 1.92 bits per heavy atom. The van der Waals surface area contributed by atoms with E-state index < -0.39 is 4.92 Å². The third-order valence-electron chi connectivity index (χ3n) is 4.67. The van der Waals surface area contributed by atoms with Crippen LogP contribution in [0.1, 0.15) is 12.5 Å². The number of nitro benzene ring substituents is 1. The lowest BCUT2D eigenvalue weighted by atomic mass is 10.1. The fourth-order valence-electron chi connectivity index (χ4n) is 3.32. The van der Waals surface area contributed by atoms with Gasteiger partial charge in [-0.3, -0.25) is 10.1 Å². The second-order valence-electron chi connectivity index (χ2n) is 6.36. The molecule has 0 atom stereocenters. The van der Waals surface area contributed by atoms with Crippen molar-refractivity contribution < 1.29 is 19.7 Å². The Kier molecular flexibility index (Phi) is 5.58. The molecule has 138 valence electrons. The average molecular weight is 357 g/mol. The lowest BCUT2D eigenvalue weighted by molar-refractivity contribution is -0.914. The van der Waals surface area contributed by atoms with E-state index in [1.54, 1.807) is 0 Å². The number of quaternary nitrogens is 1. The second kappa shape index (κ2) is 8.05. The van der Waals surface area contributed by atoms with Crippen LogP contribution in [0, 0.1) is 10.1 Å². The molecule has 7 heteroatoms. The van der Waals surface area contributed by atoms with Crippen LogP contribution >= 0.6 is 0 Å². The molecule has 0 aromatic heterocycles. The Bertz CT molecular complexity index is 773. The third-order valence-corrected chi connectivity index (χ3v) is 4.67. The first kappa shape index (κ1) is 18.0. The topological polar surface area (TPSA) is 83.1 Å². The summed E-state index contributed by atoms with van der Waals surface area (Å²) in [4.78, 5) is 14.0. The van der Waals surface area contributed by atoms with Crippen LogP contribution in [-0.4, -0.2) is 37.7 Å². The van der Waals surface area contributed by atoms with Gasteiger partial charge in [-0.1, -0.05) is 23.9 Å². The summed E-state index contributed by atoms with van der Waals surface area (Å²) in [6, 6.07) is 12.0. The average Bonchev–Trinajstić information content (AvgIpc) is 2.65. The molecule has 2 aromatic carbocycles. The maximum Gasteiger partial charge on any atom is 0.269 e. The number of rotatable bonds is 6. The van der Waals surface area contributed by atoms with E-state index in [1.807, 2.05) is 25.1 Å². The number of para-hydroxylation sites is 2. The molecule has 1 N–H and O–H groups in total. The lowest BCUT2D eigenvalue weighted by Gasteiger charge is -2.34. The molecule has 26 heavy (non-hydrogen) atoms. The zero-order valence-electron chi connectivity index (χ0n) is 14.8. The van der Waals surface area contributed by atoms with Crippen LogP contribution in [0.25, 0.3) is 0 Å². The minimum absolute atomic E-state index is 0.0247. The summed E-state index contributed by atoms with van der Waals surface area (Å²) in [6.45, 7) is 6.54. The minimum atomic E-state index is -0.457. The van der Waals surface area contributed by atoms with Crippen LogP contribution in [-0.2, 0) is 6.54 Å². The molecule has 1 fully saturated rings. The monoisotopic (exact) mass is 357 g/mol. The zero-order valence-corrected chi connectivity index (χ0v) is 14.8. The van der Waals surface area contributed by atoms with Gasteiger partial charge in [0, 0.05) is 17.7 Å². The summed E-state index contributed by atoms with van der Waals surface area (Å²) in [7, 11) is 0. The Balaban J connectivity index is 1.65. The SMILES string of the molecule is CCOc1ccccc1N1CC[NH+](Cc2cc([N+](=O)[O-])ccc2[O-])CC1. The Labute approximate surface area is 152 Å². The van der Waals surface area contributed by atoms with Crippen molar-refractivity contribution in [3.8, 4) is 11.5 Å². The lowest BCUT2D eigenvalue weighted by Crippen LogP contribution is -3.13. The normalized spacial score (nSPS) is 15.0. The molecular weight excluding hydrogens is 334 g/mol. The minimum Gasteiger partial charge on any atom is -0.872 e. The summed E-state index contributed by atoms with van der Waals surface area (Å²) in [5.74, 6) is 0.756. The number of ether oxygens (including phenoxy) is 1. The maximum absolute atomic E-state index is 12.0. The van der Waals surface area contributed by atoms with E-state index in [0.29, 0.717) is 18.7 Å². The molecule has 0 saturated carbocycles. The zero-order chi connectivity index (χ0) is 18.5. The van der Waals surface area contributed by atoms with Crippen molar-refractivity contribution in [1.82, 2.24) is 0 Å². The van der Waals surface area contributed by atoms with E-state index in [4.69, 9.17) is 4.74 Å². The molecule has 0 aliphatic carbocycles. The van der Waals surface area contributed by atoms with Gasteiger partial charge in [-0.15, -0.1) is 0 Å². The van der Waals surface area contributed by atoms with Gasteiger partial charge >= 0.3 is 0 Å². The fraction of sp³-hybridized carbons (Fsp3) is 0.368. The van der Waals surface area contributed by atoms with Gasteiger partial charge < -0.3 is 19.6 Å². The van der Waals surface area contributed by atoms with Gasteiger partial charge in [-0.25, -0.2) is 0 Å². The molecule has 7 nitrogen and oxygen atoms in total. The number of nitro groups is 1. The molecule has 2 aromatic rings. The number of hydrogen-bond acceptors (Lipinski definition) is 5. The van der Waals surface area contributed by atoms with Crippen LogP contribution in [0.15, 0.2) is 42.5 Å². The number of hydrogen-bond donors (Lipinski definition) is 1. The fourth-order valence-corrected chi connectivity index (χ4v) is 3.32. The second-order valence-corrected chi connectivity index (χ2v) is 6.36. The van der Waals surface area contributed by atoms with Gasteiger partial charge in [0.15, 0.2) is 0 Å². The Hall–Kier alpha value is -2.80. The van der Waals surface area contributed by atoms with E-state index in [9.17, 15) is 15.2 Å². The smallest absolute Gasteiger partial charge is 0.269 e. The predicted molar refractivity (Wildman–Crippen MR) is 96.8 cm³/mol. The van der Waals surface area contributed by atoms with Crippen LogP contribution in [0.4, 0.5) is 11.4 Å². The van der Waals surface area contributed by atoms with Crippen LogP contribution in [0.5, 0.6) is 11.5 Å². The van der Waals surface area contributed by atoms with Crippen LogP contribution in [0.3, 0.4) is 0 Å². The molecule has 1 heterocycles. The molecule has 0 unspecified atom stereocenters. The Morgan fingerprint density at radius 1 is 1.19 bits per heavy atom. The summed E-state index contributed by atoms with van der Waals surface area (Å²) < 4.78 is 5.71. The van der Waals surface area contributed by atoms with Crippen LogP contribution < -0.4 is 19.6 Å². The van der Waals surface area contributed by atoms with Gasteiger partial charge in [0.1, 0.15) is 12.3 Å².